The van der Waals surface area contributed by atoms with E-state index in [0.29, 0.717) is 11.1 Å². The highest BCUT2D eigenvalue weighted by Gasteiger charge is 2.21. The van der Waals surface area contributed by atoms with E-state index in [4.69, 9.17) is 0 Å². The number of rotatable bonds is 4. The van der Waals surface area contributed by atoms with Crippen molar-refractivity contribution in [2.75, 3.05) is 4.90 Å². The molecule has 0 aliphatic heterocycles. The fourth-order valence-corrected chi connectivity index (χ4v) is 3.97. The van der Waals surface area contributed by atoms with Gasteiger partial charge in [0.25, 0.3) is 11.5 Å². The molecule has 0 aliphatic rings. The van der Waals surface area contributed by atoms with Crippen LogP contribution in [0.4, 0.5) is 5.69 Å². The Labute approximate surface area is 182 Å². The van der Waals surface area contributed by atoms with Crippen LogP contribution in [0.5, 0.6) is 0 Å². The van der Waals surface area contributed by atoms with Crippen molar-refractivity contribution < 1.29 is 4.79 Å². The second-order valence-electron chi connectivity index (χ2n) is 8.27. The van der Waals surface area contributed by atoms with Crippen LogP contribution in [-0.4, -0.2) is 10.9 Å². The summed E-state index contributed by atoms with van der Waals surface area (Å²) >= 11 is 0. The Morgan fingerprint density at radius 2 is 1.55 bits per heavy atom. The molecule has 0 unspecified atom stereocenters. The lowest BCUT2D eigenvalue weighted by Crippen LogP contribution is -2.33. The highest BCUT2D eigenvalue weighted by Crippen LogP contribution is 2.25. The van der Waals surface area contributed by atoms with E-state index in [1.54, 1.807) is 4.90 Å². The molecule has 1 N–H and O–H groups in total. The van der Waals surface area contributed by atoms with Gasteiger partial charge in [0.05, 0.1) is 6.54 Å². The minimum Gasteiger partial charge on any atom is -0.322 e. The van der Waals surface area contributed by atoms with Crippen molar-refractivity contribution in [2.45, 2.75) is 34.2 Å². The molecule has 1 amide bonds. The van der Waals surface area contributed by atoms with Gasteiger partial charge >= 0.3 is 0 Å². The smallest absolute Gasteiger partial charge is 0.258 e. The highest BCUT2D eigenvalue weighted by molar-refractivity contribution is 6.06. The van der Waals surface area contributed by atoms with Crippen molar-refractivity contribution in [1.29, 1.82) is 0 Å². The van der Waals surface area contributed by atoms with E-state index in [1.807, 2.05) is 88.4 Å². The average molecular weight is 411 g/mol. The summed E-state index contributed by atoms with van der Waals surface area (Å²) in [7, 11) is 0. The van der Waals surface area contributed by atoms with Crippen LogP contribution in [-0.2, 0) is 6.54 Å². The van der Waals surface area contributed by atoms with Crippen molar-refractivity contribution in [1.82, 2.24) is 4.98 Å². The summed E-state index contributed by atoms with van der Waals surface area (Å²) in [4.78, 5) is 31.1. The molecular formula is C27H26N2O2. The maximum atomic E-state index is 13.6. The van der Waals surface area contributed by atoms with Crippen LogP contribution in [0, 0.1) is 27.7 Å². The largest absolute Gasteiger partial charge is 0.322 e. The number of aromatic amines is 1. The third kappa shape index (κ3) is 4.29. The van der Waals surface area contributed by atoms with E-state index in [9.17, 15) is 9.59 Å². The van der Waals surface area contributed by atoms with Crippen molar-refractivity contribution in [3.8, 4) is 0 Å². The minimum absolute atomic E-state index is 0.126. The zero-order valence-corrected chi connectivity index (χ0v) is 18.3. The SMILES string of the molecule is Cc1cccc(C(=O)N(Cc2cc3cc(C)ccc3[nH]c2=O)c2ccc(C)cc2C)c1. The number of hydrogen-bond acceptors (Lipinski definition) is 2. The molecule has 0 aliphatic carbocycles. The van der Waals surface area contributed by atoms with Gasteiger partial charge in [0.15, 0.2) is 0 Å². The molecule has 0 radical (unpaired) electrons. The van der Waals surface area contributed by atoms with Crippen LogP contribution in [0.15, 0.2) is 71.5 Å². The molecule has 1 aromatic heterocycles. The number of hydrogen-bond donors (Lipinski definition) is 1. The van der Waals surface area contributed by atoms with Crippen molar-refractivity contribution in [2.24, 2.45) is 0 Å². The monoisotopic (exact) mass is 410 g/mol. The summed E-state index contributed by atoms with van der Waals surface area (Å²) in [6.07, 6.45) is 0. The fraction of sp³-hybridized carbons (Fsp3) is 0.185. The second-order valence-corrected chi connectivity index (χ2v) is 8.27. The fourth-order valence-electron chi connectivity index (χ4n) is 3.97. The number of aromatic nitrogens is 1. The van der Waals surface area contributed by atoms with Gasteiger partial charge in [-0.25, -0.2) is 0 Å². The molecule has 4 heteroatoms. The molecule has 0 saturated carbocycles. The Morgan fingerprint density at radius 1 is 0.839 bits per heavy atom. The maximum absolute atomic E-state index is 13.6. The number of carbonyl (C=O) groups excluding carboxylic acids is 1. The number of fused-ring (bicyclic) bond motifs is 1. The Balaban J connectivity index is 1.83. The Morgan fingerprint density at radius 3 is 2.29 bits per heavy atom. The van der Waals surface area contributed by atoms with Crippen molar-refractivity contribution >= 4 is 22.5 Å². The average Bonchev–Trinajstić information content (AvgIpc) is 2.72. The lowest BCUT2D eigenvalue weighted by molar-refractivity contribution is 0.0985. The zero-order valence-electron chi connectivity index (χ0n) is 18.3. The molecular weight excluding hydrogens is 384 g/mol. The van der Waals surface area contributed by atoms with Gasteiger partial charge < -0.3 is 9.88 Å². The summed E-state index contributed by atoms with van der Waals surface area (Å²) in [5.41, 5.74) is 6.84. The van der Waals surface area contributed by atoms with Crippen LogP contribution in [0.1, 0.15) is 38.2 Å². The summed E-state index contributed by atoms with van der Waals surface area (Å²) in [6.45, 7) is 8.20. The van der Waals surface area contributed by atoms with Gasteiger partial charge in [-0.1, -0.05) is 47.0 Å². The van der Waals surface area contributed by atoms with E-state index in [-0.39, 0.29) is 18.0 Å². The van der Waals surface area contributed by atoms with Crippen molar-refractivity contribution in [3.05, 3.63) is 110 Å². The predicted octanol–water partition coefficient (Wildman–Crippen LogP) is 5.61. The number of nitrogens with zero attached hydrogens (tertiary/aromatic N) is 1. The summed E-state index contributed by atoms with van der Waals surface area (Å²) in [6, 6.07) is 21.4. The van der Waals surface area contributed by atoms with Gasteiger partial charge in [-0.2, -0.15) is 0 Å². The second kappa shape index (κ2) is 8.23. The Hall–Kier alpha value is -3.66. The van der Waals surface area contributed by atoms with Gasteiger partial charge in [-0.05, 0) is 75.0 Å². The lowest BCUT2D eigenvalue weighted by Gasteiger charge is -2.25. The third-order valence-electron chi connectivity index (χ3n) is 5.56. The van der Waals surface area contributed by atoms with E-state index >= 15 is 0 Å². The summed E-state index contributed by atoms with van der Waals surface area (Å²) < 4.78 is 0. The zero-order chi connectivity index (χ0) is 22.1. The van der Waals surface area contributed by atoms with Crippen LogP contribution in [0.25, 0.3) is 10.9 Å². The molecule has 4 rings (SSSR count). The van der Waals surface area contributed by atoms with Crippen LogP contribution < -0.4 is 10.5 Å². The number of benzene rings is 3. The first-order chi connectivity index (χ1) is 14.8. The van der Waals surface area contributed by atoms with Gasteiger partial charge in [-0.15, -0.1) is 0 Å². The normalized spacial score (nSPS) is 11.0. The number of pyridine rings is 1. The lowest BCUT2D eigenvalue weighted by atomic mass is 10.1. The molecule has 1 heterocycles. The standard InChI is InChI=1S/C27H26N2O2/c1-17-6-5-7-21(13-17)27(31)29(25-11-9-18(2)12-20(25)4)16-23-15-22-14-19(3)8-10-24(22)28-26(23)30/h5-15H,16H2,1-4H3,(H,28,30). The molecule has 0 saturated heterocycles. The predicted molar refractivity (Wildman–Crippen MR) is 127 cm³/mol. The number of H-pyrrole nitrogens is 1. The van der Waals surface area contributed by atoms with E-state index in [2.05, 4.69) is 11.1 Å². The van der Waals surface area contributed by atoms with E-state index in [0.717, 1.165) is 38.8 Å². The van der Waals surface area contributed by atoms with Gasteiger partial charge in [0, 0.05) is 22.3 Å². The van der Waals surface area contributed by atoms with Crippen LogP contribution in [0.2, 0.25) is 0 Å². The molecule has 4 nitrogen and oxygen atoms in total. The quantitative estimate of drug-likeness (QED) is 0.475. The molecule has 0 atom stereocenters. The summed E-state index contributed by atoms with van der Waals surface area (Å²) in [5.74, 6) is -0.126. The summed E-state index contributed by atoms with van der Waals surface area (Å²) in [5, 5.41) is 0.957. The van der Waals surface area contributed by atoms with Crippen LogP contribution >= 0.6 is 0 Å². The number of nitrogens with one attached hydrogen (secondary N) is 1. The first-order valence-corrected chi connectivity index (χ1v) is 10.4. The van der Waals surface area contributed by atoms with E-state index in [1.165, 1.54) is 0 Å². The van der Waals surface area contributed by atoms with Gasteiger partial charge in [-0.3, -0.25) is 9.59 Å². The molecule has 3 aromatic carbocycles. The Bertz CT molecular complexity index is 1350. The molecule has 0 spiro atoms. The third-order valence-corrected chi connectivity index (χ3v) is 5.56. The van der Waals surface area contributed by atoms with Gasteiger partial charge in [0.2, 0.25) is 0 Å². The van der Waals surface area contributed by atoms with E-state index < -0.39 is 0 Å². The first-order valence-electron chi connectivity index (χ1n) is 10.4. The first kappa shape index (κ1) is 20.6. The molecule has 0 bridgehead atoms. The van der Waals surface area contributed by atoms with Gasteiger partial charge in [0.1, 0.15) is 0 Å². The number of aryl methyl sites for hydroxylation is 4. The van der Waals surface area contributed by atoms with Crippen molar-refractivity contribution in [3.63, 3.8) is 0 Å². The topological polar surface area (TPSA) is 53.2 Å². The molecule has 31 heavy (non-hydrogen) atoms. The molecule has 156 valence electrons. The highest BCUT2D eigenvalue weighted by atomic mass is 16.2. The molecule has 0 fully saturated rings. The minimum atomic E-state index is -0.178. The molecule has 4 aromatic rings. The number of anilines is 1. The number of amides is 1. The van der Waals surface area contributed by atoms with Crippen LogP contribution in [0.3, 0.4) is 0 Å². The maximum Gasteiger partial charge on any atom is 0.258 e. The number of carbonyl (C=O) groups is 1. The Kier molecular flexibility index (Phi) is 5.47.